The van der Waals surface area contributed by atoms with Gasteiger partial charge in [0.2, 0.25) is 0 Å². The van der Waals surface area contributed by atoms with Crippen LogP contribution in [0.5, 0.6) is 0 Å². The molecule has 1 aromatic carbocycles. The van der Waals surface area contributed by atoms with Crippen molar-refractivity contribution in [1.82, 2.24) is 0 Å². The standard InChI is InChI=1S/C18H28/c1-5-10-17(6-2)13-9-12-16(4)18-14-8-7-11-15(18)3/h7-8,11-12,14,17H,5-6,9-10,13H2,1-4H3/b16-12-. The molecule has 1 unspecified atom stereocenters. The molecule has 0 aromatic heterocycles. The highest BCUT2D eigenvalue weighted by molar-refractivity contribution is 5.66. The average Bonchev–Trinajstić information content (AvgIpc) is 2.38. The molecule has 1 atom stereocenters. The zero-order valence-electron chi connectivity index (χ0n) is 12.5. The predicted molar refractivity (Wildman–Crippen MR) is 82.8 cm³/mol. The van der Waals surface area contributed by atoms with Crippen LogP contribution in [0.15, 0.2) is 30.3 Å². The van der Waals surface area contributed by atoms with E-state index in [9.17, 15) is 0 Å². The summed E-state index contributed by atoms with van der Waals surface area (Å²) in [6.45, 7) is 9.04. The zero-order chi connectivity index (χ0) is 13.4. The summed E-state index contributed by atoms with van der Waals surface area (Å²) in [5, 5.41) is 0. The van der Waals surface area contributed by atoms with Gasteiger partial charge in [-0.3, -0.25) is 0 Å². The fourth-order valence-electron chi connectivity index (χ4n) is 2.62. The Morgan fingerprint density at radius 2 is 1.89 bits per heavy atom. The van der Waals surface area contributed by atoms with Gasteiger partial charge in [-0.25, -0.2) is 0 Å². The first-order valence-electron chi connectivity index (χ1n) is 7.41. The molecule has 0 aliphatic rings. The molecule has 0 saturated carbocycles. The van der Waals surface area contributed by atoms with Gasteiger partial charge >= 0.3 is 0 Å². The van der Waals surface area contributed by atoms with Crippen molar-refractivity contribution >= 4 is 5.57 Å². The van der Waals surface area contributed by atoms with E-state index in [0.29, 0.717) is 0 Å². The van der Waals surface area contributed by atoms with Gasteiger partial charge in [0.05, 0.1) is 0 Å². The molecular weight excluding hydrogens is 216 g/mol. The van der Waals surface area contributed by atoms with Crippen LogP contribution in [0.4, 0.5) is 0 Å². The van der Waals surface area contributed by atoms with E-state index in [1.165, 1.54) is 48.8 Å². The summed E-state index contributed by atoms with van der Waals surface area (Å²) < 4.78 is 0. The van der Waals surface area contributed by atoms with E-state index in [4.69, 9.17) is 0 Å². The van der Waals surface area contributed by atoms with Crippen LogP contribution in [-0.4, -0.2) is 0 Å². The van der Waals surface area contributed by atoms with E-state index in [2.05, 4.69) is 58.0 Å². The fourth-order valence-corrected chi connectivity index (χ4v) is 2.62. The van der Waals surface area contributed by atoms with Gasteiger partial charge in [0.15, 0.2) is 0 Å². The summed E-state index contributed by atoms with van der Waals surface area (Å²) in [5.74, 6) is 0.913. The molecule has 0 N–H and O–H groups in total. The molecule has 0 aliphatic heterocycles. The van der Waals surface area contributed by atoms with Crippen LogP contribution in [0.2, 0.25) is 0 Å². The minimum absolute atomic E-state index is 0.913. The first-order chi connectivity index (χ1) is 8.69. The topological polar surface area (TPSA) is 0 Å². The molecule has 0 heteroatoms. The molecule has 18 heavy (non-hydrogen) atoms. The van der Waals surface area contributed by atoms with Crippen molar-refractivity contribution in [2.45, 2.75) is 59.8 Å². The van der Waals surface area contributed by atoms with E-state index in [-0.39, 0.29) is 0 Å². The quantitative estimate of drug-likeness (QED) is 0.551. The van der Waals surface area contributed by atoms with E-state index < -0.39 is 0 Å². The lowest BCUT2D eigenvalue weighted by Crippen LogP contribution is -1.97. The second-order valence-corrected chi connectivity index (χ2v) is 5.34. The van der Waals surface area contributed by atoms with Gasteiger partial charge in [-0.05, 0) is 49.3 Å². The Bertz CT molecular complexity index is 373. The smallest absolute Gasteiger partial charge is 0.0201 e. The number of hydrogen-bond donors (Lipinski definition) is 0. The van der Waals surface area contributed by atoms with E-state index in [0.717, 1.165) is 5.92 Å². The molecule has 0 radical (unpaired) electrons. The molecule has 0 fully saturated rings. The van der Waals surface area contributed by atoms with Crippen molar-refractivity contribution in [3.63, 3.8) is 0 Å². The lowest BCUT2D eigenvalue weighted by molar-refractivity contribution is 0.436. The van der Waals surface area contributed by atoms with Crippen molar-refractivity contribution in [3.8, 4) is 0 Å². The van der Waals surface area contributed by atoms with Gasteiger partial charge in [-0.1, -0.05) is 63.5 Å². The first-order valence-corrected chi connectivity index (χ1v) is 7.41. The van der Waals surface area contributed by atoms with Crippen LogP contribution >= 0.6 is 0 Å². The molecular formula is C18H28. The van der Waals surface area contributed by atoms with Gasteiger partial charge in [0.25, 0.3) is 0 Å². The zero-order valence-corrected chi connectivity index (χ0v) is 12.5. The largest absolute Gasteiger partial charge is 0.0810 e. The molecule has 0 saturated heterocycles. The normalized spacial score (nSPS) is 13.7. The molecule has 0 spiro atoms. The molecule has 100 valence electrons. The Labute approximate surface area is 113 Å². The van der Waals surface area contributed by atoms with Gasteiger partial charge < -0.3 is 0 Å². The average molecular weight is 244 g/mol. The Kier molecular flexibility index (Phi) is 6.78. The first kappa shape index (κ1) is 15.0. The third kappa shape index (κ3) is 4.68. The molecule has 0 heterocycles. The lowest BCUT2D eigenvalue weighted by Gasteiger charge is -2.12. The number of benzene rings is 1. The van der Waals surface area contributed by atoms with E-state index >= 15 is 0 Å². The number of hydrogen-bond acceptors (Lipinski definition) is 0. The third-order valence-electron chi connectivity index (χ3n) is 3.87. The predicted octanol–water partition coefficient (Wildman–Crippen LogP) is 6.00. The van der Waals surface area contributed by atoms with Gasteiger partial charge in [-0.2, -0.15) is 0 Å². The van der Waals surface area contributed by atoms with Gasteiger partial charge in [0, 0.05) is 0 Å². The Hall–Kier alpha value is -1.04. The monoisotopic (exact) mass is 244 g/mol. The van der Waals surface area contributed by atoms with Crippen LogP contribution < -0.4 is 0 Å². The van der Waals surface area contributed by atoms with Crippen molar-refractivity contribution in [2.75, 3.05) is 0 Å². The third-order valence-corrected chi connectivity index (χ3v) is 3.87. The second kappa shape index (κ2) is 8.13. The van der Waals surface area contributed by atoms with E-state index in [1.807, 2.05) is 0 Å². The summed E-state index contributed by atoms with van der Waals surface area (Å²) in [6, 6.07) is 8.66. The summed E-state index contributed by atoms with van der Waals surface area (Å²) in [4.78, 5) is 0. The van der Waals surface area contributed by atoms with Crippen LogP contribution in [-0.2, 0) is 0 Å². The molecule has 1 rings (SSSR count). The maximum absolute atomic E-state index is 2.42. The van der Waals surface area contributed by atoms with Gasteiger partial charge in [0.1, 0.15) is 0 Å². The van der Waals surface area contributed by atoms with Crippen molar-refractivity contribution in [2.24, 2.45) is 5.92 Å². The maximum Gasteiger partial charge on any atom is -0.0201 e. The van der Waals surface area contributed by atoms with Crippen LogP contribution in [0.1, 0.15) is 64.0 Å². The molecule has 0 nitrogen and oxygen atoms in total. The fraction of sp³-hybridized carbons (Fsp3) is 0.556. The number of allylic oxidation sites excluding steroid dienone is 2. The van der Waals surface area contributed by atoms with Crippen molar-refractivity contribution < 1.29 is 0 Å². The highest BCUT2D eigenvalue weighted by atomic mass is 14.1. The van der Waals surface area contributed by atoms with Crippen molar-refractivity contribution in [1.29, 1.82) is 0 Å². The second-order valence-electron chi connectivity index (χ2n) is 5.34. The molecule has 0 amide bonds. The lowest BCUT2D eigenvalue weighted by atomic mass is 9.94. The number of rotatable bonds is 7. The minimum atomic E-state index is 0.913. The minimum Gasteiger partial charge on any atom is -0.0810 e. The SMILES string of the molecule is CCCC(CC)CC/C=C(/C)c1ccccc1C. The molecule has 0 aliphatic carbocycles. The van der Waals surface area contributed by atoms with Crippen LogP contribution in [0.25, 0.3) is 5.57 Å². The van der Waals surface area contributed by atoms with Gasteiger partial charge in [-0.15, -0.1) is 0 Å². The summed E-state index contributed by atoms with van der Waals surface area (Å²) >= 11 is 0. The maximum atomic E-state index is 2.42. The Morgan fingerprint density at radius 3 is 2.50 bits per heavy atom. The molecule has 0 bridgehead atoms. The summed E-state index contributed by atoms with van der Waals surface area (Å²) in [6.07, 6.45) is 9.00. The molecule has 1 aromatic rings. The van der Waals surface area contributed by atoms with Crippen molar-refractivity contribution in [3.05, 3.63) is 41.5 Å². The van der Waals surface area contributed by atoms with Crippen LogP contribution in [0.3, 0.4) is 0 Å². The highest BCUT2D eigenvalue weighted by Crippen LogP contribution is 2.22. The number of aryl methyl sites for hydroxylation is 1. The van der Waals surface area contributed by atoms with Crippen LogP contribution in [0, 0.1) is 12.8 Å². The highest BCUT2D eigenvalue weighted by Gasteiger charge is 2.04. The summed E-state index contributed by atoms with van der Waals surface area (Å²) in [5.41, 5.74) is 4.22. The Morgan fingerprint density at radius 1 is 1.17 bits per heavy atom. The Balaban J connectivity index is 2.54. The summed E-state index contributed by atoms with van der Waals surface area (Å²) in [7, 11) is 0. The van der Waals surface area contributed by atoms with E-state index in [1.54, 1.807) is 0 Å².